The minimum absolute atomic E-state index is 0.968. The van der Waals surface area contributed by atoms with Crippen LogP contribution >= 0.6 is 12.6 Å². The molecule has 47 valence electrons. The molecule has 1 heteroatoms. The van der Waals surface area contributed by atoms with Gasteiger partial charge in [0.1, 0.15) is 0 Å². The van der Waals surface area contributed by atoms with Crippen LogP contribution in [-0.2, 0) is 0 Å². The van der Waals surface area contributed by atoms with Crippen molar-refractivity contribution in [1.82, 2.24) is 0 Å². The zero-order chi connectivity index (χ0) is 6.85. The first kappa shape index (κ1) is 6.56. The largest absolute Gasteiger partial charge is 0.0798 e. The maximum Gasteiger partial charge on any atom is 0.0408 e. The Morgan fingerprint density at radius 1 is 1.22 bits per heavy atom. The second kappa shape index (κ2) is 2.36. The van der Waals surface area contributed by atoms with E-state index in [1.807, 2.05) is 13.0 Å². The van der Waals surface area contributed by atoms with Gasteiger partial charge in [0.15, 0.2) is 0 Å². The van der Waals surface area contributed by atoms with Crippen LogP contribution in [0.25, 0.3) is 0 Å². The van der Waals surface area contributed by atoms with Gasteiger partial charge in [-0.2, -0.15) is 0 Å². The fourth-order valence-electron chi connectivity index (χ4n) is 0.707. The first-order chi connectivity index (χ1) is 4.20. The predicted octanol–water partition coefficient (Wildman–Crippen LogP) is 2.86. The van der Waals surface area contributed by atoms with E-state index in [1.54, 1.807) is 0 Å². The molecule has 0 aliphatic carbocycles. The van der Waals surface area contributed by atoms with Crippen molar-refractivity contribution >= 4 is 12.6 Å². The van der Waals surface area contributed by atoms with E-state index in [2.05, 4.69) is 19.1 Å². The van der Waals surface area contributed by atoms with Crippen LogP contribution in [0, 0.1) is 13.8 Å². The summed E-state index contributed by atoms with van der Waals surface area (Å²) in [5, 5.41) is 0. The van der Waals surface area contributed by atoms with Gasteiger partial charge in [-0.05, 0) is 31.0 Å². The summed E-state index contributed by atoms with van der Waals surface area (Å²) in [5.41, 5.74) is 2.43. The lowest BCUT2D eigenvalue weighted by atomic mass is 10.2. The van der Waals surface area contributed by atoms with Crippen LogP contribution in [0.1, 0.15) is 11.1 Å². The molecule has 0 aliphatic rings. The molecular formula is C8H9S. The Kier molecular flexibility index (Phi) is 1.72. The molecule has 0 aromatic heterocycles. The molecule has 0 atom stereocenters. The van der Waals surface area contributed by atoms with Gasteiger partial charge in [-0.1, -0.05) is 24.8 Å². The number of hydrogen-bond donors (Lipinski definition) is 0. The molecule has 0 N–H and O–H groups in total. The van der Waals surface area contributed by atoms with Gasteiger partial charge in [0.05, 0.1) is 0 Å². The topological polar surface area (TPSA) is 0 Å². The van der Waals surface area contributed by atoms with E-state index < -0.39 is 0 Å². The third-order valence-corrected chi connectivity index (χ3v) is 1.78. The van der Waals surface area contributed by atoms with E-state index in [9.17, 15) is 0 Å². The fraction of sp³-hybridized carbons (Fsp3) is 0.250. The Morgan fingerprint density at radius 3 is 2.33 bits per heavy atom. The molecule has 0 heterocycles. The lowest BCUT2D eigenvalue weighted by Gasteiger charge is -1.96. The van der Waals surface area contributed by atoms with Crippen molar-refractivity contribution in [2.45, 2.75) is 18.7 Å². The highest BCUT2D eigenvalue weighted by Crippen LogP contribution is 2.13. The normalized spacial score (nSPS) is 9.56. The van der Waals surface area contributed by atoms with Gasteiger partial charge in [-0.15, -0.1) is 0 Å². The molecule has 0 nitrogen and oxygen atoms in total. The molecule has 0 bridgehead atoms. The zero-order valence-electron chi connectivity index (χ0n) is 5.64. The maximum atomic E-state index is 5.04. The molecule has 1 rings (SSSR count). The summed E-state index contributed by atoms with van der Waals surface area (Å²) in [4.78, 5) is 0.968. The molecule has 0 aliphatic heterocycles. The fourth-order valence-corrected chi connectivity index (χ4v) is 0.961. The van der Waals surface area contributed by atoms with Crippen LogP contribution in [0.2, 0.25) is 0 Å². The van der Waals surface area contributed by atoms with Crippen molar-refractivity contribution in [3.05, 3.63) is 29.3 Å². The van der Waals surface area contributed by atoms with E-state index in [0.717, 1.165) is 4.90 Å². The average Bonchev–Trinajstić information content (AvgIpc) is 1.80. The Balaban J connectivity index is 3.17. The van der Waals surface area contributed by atoms with E-state index in [1.165, 1.54) is 11.1 Å². The van der Waals surface area contributed by atoms with E-state index in [4.69, 9.17) is 12.6 Å². The van der Waals surface area contributed by atoms with Crippen LogP contribution in [-0.4, -0.2) is 0 Å². The molecular weight excluding hydrogens is 128 g/mol. The summed E-state index contributed by atoms with van der Waals surface area (Å²) in [5.74, 6) is 0. The summed E-state index contributed by atoms with van der Waals surface area (Å²) in [6.45, 7) is 4.08. The van der Waals surface area contributed by atoms with Crippen LogP contribution in [0.5, 0.6) is 0 Å². The smallest absolute Gasteiger partial charge is 0.0408 e. The molecule has 0 saturated heterocycles. The lowest BCUT2D eigenvalue weighted by Crippen LogP contribution is -1.76. The summed E-state index contributed by atoms with van der Waals surface area (Å²) >= 11 is 5.04. The summed E-state index contributed by atoms with van der Waals surface area (Å²) in [6, 6.07) is 6.15. The molecule has 1 aromatic carbocycles. The molecule has 0 saturated carbocycles. The van der Waals surface area contributed by atoms with Gasteiger partial charge < -0.3 is 0 Å². The van der Waals surface area contributed by atoms with Crippen LogP contribution in [0.3, 0.4) is 0 Å². The lowest BCUT2D eigenvalue weighted by molar-refractivity contribution is 1.27. The SMILES string of the molecule is Cc1ccc(C)c([S])c1. The molecule has 9 heavy (non-hydrogen) atoms. The molecule has 0 amide bonds. The Morgan fingerprint density at radius 2 is 1.89 bits per heavy atom. The Hall–Kier alpha value is -0.560. The highest BCUT2D eigenvalue weighted by molar-refractivity contribution is 7.80. The van der Waals surface area contributed by atoms with Crippen LogP contribution < -0.4 is 0 Å². The van der Waals surface area contributed by atoms with Crippen LogP contribution in [0.15, 0.2) is 23.1 Å². The quantitative estimate of drug-likeness (QED) is 0.516. The first-order valence-corrected chi connectivity index (χ1v) is 3.35. The summed E-state index contributed by atoms with van der Waals surface area (Å²) in [7, 11) is 0. The number of hydrogen-bond acceptors (Lipinski definition) is 0. The van der Waals surface area contributed by atoms with Crippen LogP contribution in [0.4, 0.5) is 0 Å². The molecule has 0 fully saturated rings. The second-order valence-corrected chi connectivity index (χ2v) is 2.71. The minimum atomic E-state index is 0.968. The standard InChI is InChI=1S/C8H9S/c1-6-3-4-7(2)8(9)5-6/h3-5H,1-2H3. The zero-order valence-corrected chi connectivity index (χ0v) is 6.46. The Labute approximate surface area is 61.3 Å². The predicted molar refractivity (Wildman–Crippen MR) is 41.8 cm³/mol. The Bertz CT molecular complexity index is 216. The van der Waals surface area contributed by atoms with Crippen molar-refractivity contribution in [3.63, 3.8) is 0 Å². The van der Waals surface area contributed by atoms with Gasteiger partial charge in [0, 0.05) is 4.90 Å². The van der Waals surface area contributed by atoms with Gasteiger partial charge in [-0.3, -0.25) is 0 Å². The number of rotatable bonds is 0. The van der Waals surface area contributed by atoms with E-state index in [0.29, 0.717) is 0 Å². The second-order valence-electron chi connectivity index (χ2n) is 2.27. The van der Waals surface area contributed by atoms with Crippen molar-refractivity contribution < 1.29 is 0 Å². The van der Waals surface area contributed by atoms with Gasteiger partial charge >= 0.3 is 0 Å². The van der Waals surface area contributed by atoms with Crippen molar-refractivity contribution in [2.24, 2.45) is 0 Å². The van der Waals surface area contributed by atoms with Gasteiger partial charge in [0.25, 0.3) is 0 Å². The van der Waals surface area contributed by atoms with E-state index >= 15 is 0 Å². The van der Waals surface area contributed by atoms with Crippen molar-refractivity contribution in [1.29, 1.82) is 0 Å². The number of aryl methyl sites for hydroxylation is 2. The third-order valence-electron chi connectivity index (χ3n) is 1.34. The number of benzene rings is 1. The summed E-state index contributed by atoms with van der Waals surface area (Å²) < 4.78 is 0. The maximum absolute atomic E-state index is 5.04. The first-order valence-electron chi connectivity index (χ1n) is 2.94. The van der Waals surface area contributed by atoms with E-state index in [-0.39, 0.29) is 0 Å². The van der Waals surface area contributed by atoms with Crippen molar-refractivity contribution in [2.75, 3.05) is 0 Å². The molecule has 1 aromatic rings. The molecule has 0 unspecified atom stereocenters. The highest BCUT2D eigenvalue weighted by atomic mass is 32.1. The molecule has 1 radical (unpaired) electrons. The van der Waals surface area contributed by atoms with Gasteiger partial charge in [0.2, 0.25) is 0 Å². The summed E-state index contributed by atoms with van der Waals surface area (Å²) in [6.07, 6.45) is 0. The molecule has 0 spiro atoms. The van der Waals surface area contributed by atoms with Gasteiger partial charge in [-0.25, -0.2) is 0 Å². The average molecular weight is 137 g/mol. The highest BCUT2D eigenvalue weighted by Gasteiger charge is 1.91. The third kappa shape index (κ3) is 1.42. The minimum Gasteiger partial charge on any atom is -0.0798 e. The monoisotopic (exact) mass is 137 g/mol. The van der Waals surface area contributed by atoms with Crippen molar-refractivity contribution in [3.8, 4) is 0 Å².